The topological polar surface area (TPSA) is 77.8 Å². The molecule has 0 aliphatic heterocycles. The van der Waals surface area contributed by atoms with Gasteiger partial charge in [-0.1, -0.05) is 30.4 Å². The first-order valence-corrected chi connectivity index (χ1v) is 7.50. The lowest BCUT2D eigenvalue weighted by Crippen LogP contribution is -1.98. The van der Waals surface area contributed by atoms with Crippen molar-refractivity contribution >= 4 is 5.78 Å². The monoisotopic (exact) mass is 312 g/mol. The molecule has 0 amide bonds. The molecule has 0 saturated carbocycles. The van der Waals surface area contributed by atoms with Crippen LogP contribution in [0, 0.1) is 0 Å². The van der Waals surface area contributed by atoms with E-state index in [2.05, 4.69) is 0 Å². The molecule has 0 heterocycles. The minimum atomic E-state index is -0.138. The molecule has 4 nitrogen and oxygen atoms in total. The van der Waals surface area contributed by atoms with Crippen LogP contribution in [0.15, 0.2) is 54.6 Å². The van der Waals surface area contributed by atoms with Crippen molar-refractivity contribution in [2.45, 2.75) is 25.7 Å². The van der Waals surface area contributed by atoms with Crippen molar-refractivity contribution in [3.63, 3.8) is 0 Å². The lowest BCUT2D eigenvalue weighted by molar-refractivity contribution is -0.118. The predicted octanol–water partition coefficient (Wildman–Crippen LogP) is 3.49. The highest BCUT2D eigenvalue weighted by Crippen LogP contribution is 2.25. The number of phenols is 3. The van der Waals surface area contributed by atoms with Crippen LogP contribution in [0.25, 0.3) is 0 Å². The first-order valence-electron chi connectivity index (χ1n) is 7.50. The van der Waals surface area contributed by atoms with Crippen LogP contribution in [0.5, 0.6) is 17.2 Å². The zero-order chi connectivity index (χ0) is 16.7. The van der Waals surface area contributed by atoms with Gasteiger partial charge in [-0.15, -0.1) is 0 Å². The van der Waals surface area contributed by atoms with E-state index in [1.54, 1.807) is 18.2 Å². The number of aryl methyl sites for hydroxylation is 1. The summed E-state index contributed by atoms with van der Waals surface area (Å²) in [7, 11) is 0. The maximum atomic E-state index is 11.8. The number of hydrogen-bond acceptors (Lipinski definition) is 4. The van der Waals surface area contributed by atoms with Crippen LogP contribution >= 0.6 is 0 Å². The minimum Gasteiger partial charge on any atom is -0.508 e. The Morgan fingerprint density at radius 1 is 0.870 bits per heavy atom. The van der Waals surface area contributed by atoms with Gasteiger partial charge in [-0.05, 0) is 48.2 Å². The van der Waals surface area contributed by atoms with Crippen LogP contribution in [0.1, 0.15) is 24.0 Å². The third kappa shape index (κ3) is 5.51. The Bertz CT molecular complexity index is 687. The van der Waals surface area contributed by atoms with Gasteiger partial charge in [0.25, 0.3) is 0 Å². The molecule has 0 fully saturated rings. The number of carbonyl (C=O) groups excluding carboxylic acids is 1. The van der Waals surface area contributed by atoms with Crippen LogP contribution < -0.4 is 0 Å². The molecule has 3 N–H and O–H groups in total. The Hall–Kier alpha value is -2.75. The van der Waals surface area contributed by atoms with E-state index in [0.29, 0.717) is 25.7 Å². The summed E-state index contributed by atoms with van der Waals surface area (Å²) in [5.74, 6) is 0.106. The molecule has 0 aliphatic carbocycles. The molecule has 0 atom stereocenters. The van der Waals surface area contributed by atoms with Crippen molar-refractivity contribution in [3.8, 4) is 17.2 Å². The van der Waals surface area contributed by atoms with Crippen LogP contribution in [-0.4, -0.2) is 21.1 Å². The SMILES string of the molecule is O=C(C/C=C/Cc1ccc(O)c(O)c1)CCc1ccc(O)cc1. The van der Waals surface area contributed by atoms with Gasteiger partial charge < -0.3 is 15.3 Å². The van der Waals surface area contributed by atoms with Gasteiger partial charge in [-0.25, -0.2) is 0 Å². The number of allylic oxidation sites excluding steroid dienone is 2. The molecule has 0 spiro atoms. The van der Waals surface area contributed by atoms with Crippen LogP contribution in [0.4, 0.5) is 0 Å². The van der Waals surface area contributed by atoms with Gasteiger partial charge in [-0.2, -0.15) is 0 Å². The molecule has 120 valence electrons. The van der Waals surface area contributed by atoms with Crippen molar-refractivity contribution in [2.24, 2.45) is 0 Å². The molecule has 2 rings (SSSR count). The Balaban J connectivity index is 1.73. The molecule has 2 aromatic rings. The standard InChI is InChI=1S/C19H20O4/c20-16(9-5-14-6-10-17(21)11-7-14)4-2-1-3-15-8-12-18(22)19(23)13-15/h1-2,6-8,10-13,21-23H,3-5,9H2/b2-1+. The molecule has 0 bridgehead atoms. The minimum absolute atomic E-state index is 0.137. The summed E-state index contributed by atoms with van der Waals surface area (Å²) in [4.78, 5) is 11.8. The largest absolute Gasteiger partial charge is 0.508 e. The van der Waals surface area contributed by atoms with E-state index in [0.717, 1.165) is 11.1 Å². The molecular weight excluding hydrogens is 292 g/mol. The van der Waals surface area contributed by atoms with E-state index in [4.69, 9.17) is 0 Å². The summed E-state index contributed by atoms with van der Waals surface area (Å²) in [6.45, 7) is 0. The molecule has 23 heavy (non-hydrogen) atoms. The van der Waals surface area contributed by atoms with Gasteiger partial charge in [0.1, 0.15) is 11.5 Å². The summed E-state index contributed by atoms with van der Waals surface area (Å²) in [5, 5.41) is 27.8. The van der Waals surface area contributed by atoms with E-state index in [1.807, 2.05) is 24.3 Å². The fourth-order valence-electron chi connectivity index (χ4n) is 2.18. The summed E-state index contributed by atoms with van der Waals surface area (Å²) < 4.78 is 0. The molecule has 0 saturated heterocycles. The summed E-state index contributed by atoms with van der Waals surface area (Å²) in [6.07, 6.45) is 5.81. The van der Waals surface area contributed by atoms with Crippen molar-refractivity contribution in [2.75, 3.05) is 0 Å². The zero-order valence-corrected chi connectivity index (χ0v) is 12.8. The highest BCUT2D eigenvalue weighted by Gasteiger charge is 2.02. The fraction of sp³-hybridized carbons (Fsp3) is 0.211. The van der Waals surface area contributed by atoms with Gasteiger partial charge in [0.2, 0.25) is 0 Å². The average molecular weight is 312 g/mol. The van der Waals surface area contributed by atoms with Gasteiger partial charge in [0, 0.05) is 12.8 Å². The summed E-state index contributed by atoms with van der Waals surface area (Å²) in [5.41, 5.74) is 1.90. The number of rotatable bonds is 7. The normalized spacial score (nSPS) is 11.0. The summed E-state index contributed by atoms with van der Waals surface area (Å²) >= 11 is 0. The Morgan fingerprint density at radius 2 is 1.57 bits per heavy atom. The number of Topliss-reactive ketones (excluding diaryl/α,β-unsaturated/α-hetero) is 1. The van der Waals surface area contributed by atoms with Crippen molar-refractivity contribution in [1.82, 2.24) is 0 Å². The van der Waals surface area contributed by atoms with Gasteiger partial charge >= 0.3 is 0 Å². The van der Waals surface area contributed by atoms with E-state index in [-0.39, 0.29) is 23.0 Å². The van der Waals surface area contributed by atoms with E-state index in [1.165, 1.54) is 12.1 Å². The Kier molecular flexibility index (Phi) is 5.80. The molecule has 0 aliphatic rings. The molecule has 2 aromatic carbocycles. The van der Waals surface area contributed by atoms with Crippen molar-refractivity contribution in [1.29, 1.82) is 0 Å². The quantitative estimate of drug-likeness (QED) is 0.540. The lowest BCUT2D eigenvalue weighted by Gasteiger charge is -2.01. The number of aromatic hydroxyl groups is 3. The van der Waals surface area contributed by atoms with Crippen molar-refractivity contribution in [3.05, 3.63) is 65.7 Å². The highest BCUT2D eigenvalue weighted by molar-refractivity contribution is 5.80. The average Bonchev–Trinajstić information content (AvgIpc) is 2.54. The van der Waals surface area contributed by atoms with Gasteiger partial charge in [-0.3, -0.25) is 4.79 Å². The van der Waals surface area contributed by atoms with Crippen LogP contribution in [0.3, 0.4) is 0 Å². The summed E-state index contributed by atoms with van der Waals surface area (Å²) in [6, 6.07) is 11.5. The first kappa shape index (κ1) is 16.6. The van der Waals surface area contributed by atoms with Crippen LogP contribution in [-0.2, 0) is 17.6 Å². The number of ketones is 1. The Morgan fingerprint density at radius 3 is 2.26 bits per heavy atom. The van der Waals surface area contributed by atoms with E-state index >= 15 is 0 Å². The second-order valence-electron chi connectivity index (χ2n) is 5.41. The highest BCUT2D eigenvalue weighted by atomic mass is 16.3. The van der Waals surface area contributed by atoms with Gasteiger partial charge in [0.05, 0.1) is 0 Å². The Labute approximate surface area is 135 Å². The number of hydrogen-bond donors (Lipinski definition) is 3. The molecule has 0 radical (unpaired) electrons. The van der Waals surface area contributed by atoms with E-state index in [9.17, 15) is 20.1 Å². The number of carbonyl (C=O) groups is 1. The van der Waals surface area contributed by atoms with Crippen LogP contribution in [0.2, 0.25) is 0 Å². The predicted molar refractivity (Wildman–Crippen MR) is 88.7 cm³/mol. The second kappa shape index (κ2) is 8.03. The third-order valence-electron chi connectivity index (χ3n) is 3.53. The lowest BCUT2D eigenvalue weighted by atomic mass is 10.1. The smallest absolute Gasteiger partial charge is 0.157 e. The second-order valence-corrected chi connectivity index (χ2v) is 5.41. The number of benzene rings is 2. The number of phenolic OH excluding ortho intramolecular Hbond substituents is 3. The molecule has 4 heteroatoms. The molecular formula is C19H20O4. The van der Waals surface area contributed by atoms with Gasteiger partial charge in [0.15, 0.2) is 11.5 Å². The fourth-order valence-corrected chi connectivity index (χ4v) is 2.18. The maximum absolute atomic E-state index is 11.8. The maximum Gasteiger partial charge on any atom is 0.157 e. The first-order chi connectivity index (χ1) is 11.0. The third-order valence-corrected chi connectivity index (χ3v) is 3.53. The van der Waals surface area contributed by atoms with E-state index < -0.39 is 0 Å². The molecule has 0 aromatic heterocycles. The zero-order valence-electron chi connectivity index (χ0n) is 12.8. The molecule has 0 unspecified atom stereocenters. The van der Waals surface area contributed by atoms with Crippen molar-refractivity contribution < 1.29 is 20.1 Å².